The zero-order valence-corrected chi connectivity index (χ0v) is 16.8. The lowest BCUT2D eigenvalue weighted by Crippen LogP contribution is -2.65. The standard InChI is InChI=1S/C22H24ClN3O2/c1-16(27)18-6-9-20(24-13-18)26-14-22(15-26,21(28)25-10-2-3-11-25)12-17-4-7-19(23)8-5-17/h4-9,13H,2-3,10-12,14-15H2,1H3. The zero-order chi connectivity index (χ0) is 19.7. The average molecular weight is 398 g/mol. The van der Waals surface area contributed by atoms with Gasteiger partial charge in [-0.2, -0.15) is 0 Å². The van der Waals surface area contributed by atoms with Crippen LogP contribution in [0.25, 0.3) is 0 Å². The van der Waals surface area contributed by atoms with E-state index in [2.05, 4.69) is 9.88 Å². The summed E-state index contributed by atoms with van der Waals surface area (Å²) in [4.78, 5) is 33.4. The van der Waals surface area contributed by atoms with E-state index in [-0.39, 0.29) is 11.7 Å². The van der Waals surface area contributed by atoms with Crippen LogP contribution in [0.4, 0.5) is 5.82 Å². The number of aromatic nitrogens is 1. The van der Waals surface area contributed by atoms with Crippen LogP contribution >= 0.6 is 11.6 Å². The summed E-state index contributed by atoms with van der Waals surface area (Å²) in [5, 5.41) is 0.702. The Hall–Kier alpha value is -2.40. The molecule has 0 aliphatic carbocycles. The molecule has 0 saturated carbocycles. The van der Waals surface area contributed by atoms with Crippen molar-refractivity contribution in [1.82, 2.24) is 9.88 Å². The van der Waals surface area contributed by atoms with Crippen LogP contribution in [-0.2, 0) is 11.2 Å². The van der Waals surface area contributed by atoms with Gasteiger partial charge in [0.15, 0.2) is 5.78 Å². The number of likely N-dealkylation sites (tertiary alicyclic amines) is 1. The van der Waals surface area contributed by atoms with E-state index in [4.69, 9.17) is 11.6 Å². The second-order valence-corrected chi connectivity index (χ2v) is 8.34. The molecule has 2 saturated heterocycles. The van der Waals surface area contributed by atoms with Crippen molar-refractivity contribution < 1.29 is 9.59 Å². The predicted octanol–water partition coefficient (Wildman–Crippen LogP) is 3.61. The summed E-state index contributed by atoms with van der Waals surface area (Å²) >= 11 is 6.02. The Kier molecular flexibility index (Phi) is 5.11. The van der Waals surface area contributed by atoms with Crippen LogP contribution in [0.2, 0.25) is 5.02 Å². The van der Waals surface area contributed by atoms with E-state index in [1.54, 1.807) is 12.3 Å². The van der Waals surface area contributed by atoms with Crippen molar-refractivity contribution in [3.05, 3.63) is 58.7 Å². The normalized spacial score (nSPS) is 18.1. The molecule has 4 rings (SSSR count). The lowest BCUT2D eigenvalue weighted by atomic mass is 9.73. The summed E-state index contributed by atoms with van der Waals surface area (Å²) in [6.07, 6.45) is 4.47. The number of benzene rings is 1. The molecule has 146 valence electrons. The number of carbonyl (C=O) groups is 2. The Morgan fingerprint density at radius 2 is 1.75 bits per heavy atom. The van der Waals surface area contributed by atoms with E-state index in [0.29, 0.717) is 30.1 Å². The van der Waals surface area contributed by atoms with Gasteiger partial charge in [-0.1, -0.05) is 23.7 Å². The van der Waals surface area contributed by atoms with Crippen LogP contribution < -0.4 is 4.90 Å². The number of hydrogen-bond donors (Lipinski definition) is 0. The highest BCUT2D eigenvalue weighted by Crippen LogP contribution is 2.39. The van der Waals surface area contributed by atoms with Gasteiger partial charge in [0, 0.05) is 43.0 Å². The highest BCUT2D eigenvalue weighted by atomic mass is 35.5. The number of rotatable bonds is 5. The molecule has 0 bridgehead atoms. The number of pyridine rings is 1. The summed E-state index contributed by atoms with van der Waals surface area (Å²) in [5.74, 6) is 1.06. The predicted molar refractivity (Wildman–Crippen MR) is 110 cm³/mol. The Balaban J connectivity index is 1.54. The number of nitrogens with zero attached hydrogens (tertiary/aromatic N) is 3. The molecule has 1 amide bonds. The second kappa shape index (κ2) is 7.55. The van der Waals surface area contributed by atoms with E-state index in [9.17, 15) is 9.59 Å². The van der Waals surface area contributed by atoms with Gasteiger partial charge in [0.2, 0.25) is 5.91 Å². The van der Waals surface area contributed by atoms with E-state index in [1.165, 1.54) is 6.92 Å². The third-order valence-electron chi connectivity index (χ3n) is 5.77. The Morgan fingerprint density at radius 1 is 1.07 bits per heavy atom. The second-order valence-electron chi connectivity index (χ2n) is 7.90. The summed E-state index contributed by atoms with van der Waals surface area (Å²) in [5.41, 5.74) is 1.29. The molecule has 2 fully saturated rings. The number of amides is 1. The third-order valence-corrected chi connectivity index (χ3v) is 6.02. The number of ketones is 1. The van der Waals surface area contributed by atoms with Gasteiger partial charge in [-0.15, -0.1) is 0 Å². The van der Waals surface area contributed by atoms with Crippen molar-refractivity contribution in [2.45, 2.75) is 26.2 Å². The van der Waals surface area contributed by atoms with Crippen LogP contribution in [0.5, 0.6) is 0 Å². The summed E-state index contributed by atoms with van der Waals surface area (Å²) < 4.78 is 0. The molecule has 2 aliphatic rings. The Labute approximate surface area is 170 Å². The number of hydrogen-bond acceptors (Lipinski definition) is 4. The third kappa shape index (κ3) is 3.63. The van der Waals surface area contributed by atoms with Crippen LogP contribution in [0.15, 0.2) is 42.6 Å². The molecule has 0 spiro atoms. The molecule has 0 radical (unpaired) electrons. The minimum atomic E-state index is -0.431. The molecule has 0 unspecified atom stereocenters. The lowest BCUT2D eigenvalue weighted by molar-refractivity contribution is -0.142. The smallest absolute Gasteiger partial charge is 0.232 e. The van der Waals surface area contributed by atoms with Crippen molar-refractivity contribution in [3.63, 3.8) is 0 Å². The van der Waals surface area contributed by atoms with Crippen LogP contribution in [0.3, 0.4) is 0 Å². The number of halogens is 1. The first-order valence-electron chi connectivity index (χ1n) is 9.73. The first kappa shape index (κ1) is 18.9. The van der Waals surface area contributed by atoms with Gasteiger partial charge in [0.1, 0.15) is 5.82 Å². The highest BCUT2D eigenvalue weighted by Gasteiger charge is 2.51. The molecular weight excluding hydrogens is 374 g/mol. The van der Waals surface area contributed by atoms with E-state index in [1.807, 2.05) is 35.2 Å². The first-order chi connectivity index (χ1) is 13.5. The SMILES string of the molecule is CC(=O)c1ccc(N2CC(Cc3ccc(Cl)cc3)(C(=O)N3CCCC3)C2)nc1. The minimum Gasteiger partial charge on any atom is -0.354 e. The zero-order valence-electron chi connectivity index (χ0n) is 16.0. The van der Waals surface area contributed by atoms with Crippen molar-refractivity contribution in [2.75, 3.05) is 31.1 Å². The topological polar surface area (TPSA) is 53.5 Å². The van der Waals surface area contributed by atoms with Gasteiger partial charge < -0.3 is 9.80 Å². The molecule has 5 nitrogen and oxygen atoms in total. The Bertz CT molecular complexity index is 868. The van der Waals surface area contributed by atoms with Gasteiger partial charge in [-0.3, -0.25) is 9.59 Å². The monoisotopic (exact) mass is 397 g/mol. The maximum Gasteiger partial charge on any atom is 0.232 e. The number of anilines is 1. The van der Waals surface area contributed by atoms with Gasteiger partial charge >= 0.3 is 0 Å². The van der Waals surface area contributed by atoms with Crippen molar-refractivity contribution in [1.29, 1.82) is 0 Å². The molecule has 2 aliphatic heterocycles. The first-order valence-corrected chi connectivity index (χ1v) is 10.1. The summed E-state index contributed by atoms with van der Waals surface area (Å²) in [6, 6.07) is 11.4. The van der Waals surface area contributed by atoms with Crippen molar-refractivity contribution in [2.24, 2.45) is 5.41 Å². The summed E-state index contributed by atoms with van der Waals surface area (Å²) in [7, 11) is 0. The molecule has 1 aromatic carbocycles. The van der Waals surface area contributed by atoms with Gasteiger partial charge in [0.25, 0.3) is 0 Å². The van der Waals surface area contributed by atoms with Crippen LogP contribution in [0.1, 0.15) is 35.7 Å². The quantitative estimate of drug-likeness (QED) is 0.723. The fraction of sp³-hybridized carbons (Fsp3) is 0.409. The molecule has 0 atom stereocenters. The van der Waals surface area contributed by atoms with Crippen LogP contribution in [-0.4, -0.2) is 47.8 Å². The van der Waals surface area contributed by atoms with Gasteiger partial charge in [0.05, 0.1) is 5.41 Å². The maximum atomic E-state index is 13.3. The van der Waals surface area contributed by atoms with E-state index >= 15 is 0 Å². The van der Waals surface area contributed by atoms with Crippen molar-refractivity contribution >= 4 is 29.1 Å². The molecule has 28 heavy (non-hydrogen) atoms. The van der Waals surface area contributed by atoms with Crippen LogP contribution in [0, 0.1) is 5.41 Å². The number of carbonyl (C=O) groups excluding carboxylic acids is 2. The molecule has 1 aromatic heterocycles. The van der Waals surface area contributed by atoms with E-state index < -0.39 is 5.41 Å². The van der Waals surface area contributed by atoms with Gasteiger partial charge in [-0.05, 0) is 56.0 Å². The largest absolute Gasteiger partial charge is 0.354 e. The molecule has 3 heterocycles. The number of Topliss-reactive ketones (excluding diaryl/α,β-unsaturated/α-hetero) is 1. The van der Waals surface area contributed by atoms with Crippen molar-refractivity contribution in [3.8, 4) is 0 Å². The Morgan fingerprint density at radius 3 is 2.32 bits per heavy atom. The molecule has 2 aromatic rings. The average Bonchev–Trinajstić information content (AvgIpc) is 3.20. The fourth-order valence-corrected chi connectivity index (χ4v) is 4.33. The van der Waals surface area contributed by atoms with E-state index in [0.717, 1.165) is 37.3 Å². The molecule has 0 N–H and O–H groups in total. The highest BCUT2D eigenvalue weighted by molar-refractivity contribution is 6.30. The molecular formula is C22H24ClN3O2. The minimum absolute atomic E-state index is 0.00366. The molecule has 6 heteroatoms. The lowest BCUT2D eigenvalue weighted by Gasteiger charge is -2.51. The maximum absolute atomic E-state index is 13.3. The summed E-state index contributed by atoms with van der Waals surface area (Å²) in [6.45, 7) is 4.51. The fourth-order valence-electron chi connectivity index (χ4n) is 4.20. The van der Waals surface area contributed by atoms with Gasteiger partial charge in [-0.25, -0.2) is 4.98 Å².